The number of aromatic carboxylic acids is 1. The number of amides is 1. The van der Waals surface area contributed by atoms with Gasteiger partial charge in [0.15, 0.2) is 0 Å². The first-order valence-electron chi connectivity index (χ1n) is 12.5. The van der Waals surface area contributed by atoms with Gasteiger partial charge in [-0.3, -0.25) is 9.69 Å². The smallest absolute Gasteiger partial charge is 0.335 e. The van der Waals surface area contributed by atoms with Crippen molar-refractivity contribution in [2.75, 3.05) is 19.6 Å². The van der Waals surface area contributed by atoms with Gasteiger partial charge in [-0.25, -0.2) is 4.79 Å². The molecule has 1 unspecified atom stereocenters. The zero-order valence-corrected chi connectivity index (χ0v) is 19.8. The van der Waals surface area contributed by atoms with Crippen molar-refractivity contribution in [2.24, 2.45) is 11.8 Å². The number of aromatic hydroxyl groups is 1. The lowest BCUT2D eigenvalue weighted by Crippen LogP contribution is -2.60. The lowest BCUT2D eigenvalue weighted by molar-refractivity contribution is -0.120. The fourth-order valence-electron chi connectivity index (χ4n) is 6.32. The number of phenolic OH excluding ortho intramolecular Hbond substituents is 1. The number of likely N-dealkylation sites (tertiary alicyclic amines) is 1. The van der Waals surface area contributed by atoms with Gasteiger partial charge in [0.1, 0.15) is 5.75 Å². The average molecular weight is 463 g/mol. The molecule has 180 valence electrons. The van der Waals surface area contributed by atoms with Gasteiger partial charge in [0, 0.05) is 24.5 Å². The first kappa shape index (κ1) is 22.9. The van der Waals surface area contributed by atoms with Crippen LogP contribution in [0.15, 0.2) is 42.5 Å². The average Bonchev–Trinajstić information content (AvgIpc) is 3.62. The van der Waals surface area contributed by atoms with Crippen LogP contribution in [0.3, 0.4) is 0 Å². The largest absolute Gasteiger partial charge is 0.508 e. The maximum absolute atomic E-state index is 12.6. The van der Waals surface area contributed by atoms with Gasteiger partial charge in [0.05, 0.1) is 12.0 Å². The van der Waals surface area contributed by atoms with Crippen molar-refractivity contribution in [3.8, 4) is 5.75 Å². The number of nitrogens with one attached hydrogen (secondary N) is 1. The Bertz CT molecular complexity index is 1080. The van der Waals surface area contributed by atoms with Crippen molar-refractivity contribution in [1.29, 1.82) is 0 Å². The molecule has 34 heavy (non-hydrogen) atoms. The molecule has 1 saturated carbocycles. The van der Waals surface area contributed by atoms with E-state index in [1.54, 1.807) is 18.2 Å². The molecule has 0 spiro atoms. The Morgan fingerprint density at radius 1 is 1.15 bits per heavy atom. The maximum atomic E-state index is 12.6. The fraction of sp³-hybridized carbons (Fsp3) is 0.500. The van der Waals surface area contributed by atoms with Gasteiger partial charge in [-0.15, -0.1) is 0 Å². The molecule has 0 aromatic heterocycles. The van der Waals surface area contributed by atoms with Gasteiger partial charge in [-0.05, 0) is 91.4 Å². The minimum Gasteiger partial charge on any atom is -0.508 e. The van der Waals surface area contributed by atoms with E-state index in [1.165, 1.54) is 42.6 Å². The quantitative estimate of drug-likeness (QED) is 0.556. The summed E-state index contributed by atoms with van der Waals surface area (Å²) in [6.07, 6.45) is 5.88. The van der Waals surface area contributed by atoms with E-state index in [4.69, 9.17) is 5.11 Å². The van der Waals surface area contributed by atoms with Gasteiger partial charge in [0.2, 0.25) is 5.91 Å². The van der Waals surface area contributed by atoms with Crippen molar-refractivity contribution in [2.45, 2.75) is 56.9 Å². The molecular weight excluding hydrogens is 428 g/mol. The van der Waals surface area contributed by atoms with Crippen LogP contribution in [0, 0.1) is 11.8 Å². The van der Waals surface area contributed by atoms with E-state index in [0.29, 0.717) is 24.3 Å². The molecule has 3 atom stereocenters. The van der Waals surface area contributed by atoms with E-state index in [2.05, 4.69) is 23.2 Å². The molecule has 6 nitrogen and oxygen atoms in total. The zero-order chi connectivity index (χ0) is 23.9. The molecule has 1 aliphatic heterocycles. The highest BCUT2D eigenvalue weighted by Crippen LogP contribution is 2.52. The second-order valence-corrected chi connectivity index (χ2v) is 10.5. The number of piperidine rings is 1. The minimum atomic E-state index is -0.968. The number of hydrogen-bond acceptors (Lipinski definition) is 4. The third-order valence-corrected chi connectivity index (χ3v) is 8.47. The van der Waals surface area contributed by atoms with Crippen LogP contribution in [0.2, 0.25) is 0 Å². The van der Waals surface area contributed by atoms with Crippen molar-refractivity contribution in [3.05, 3.63) is 64.7 Å². The van der Waals surface area contributed by atoms with Crippen molar-refractivity contribution >= 4 is 11.9 Å². The Morgan fingerprint density at radius 3 is 2.62 bits per heavy atom. The van der Waals surface area contributed by atoms with Crippen LogP contribution >= 0.6 is 0 Å². The molecular formula is C28H34N2O4. The Kier molecular flexibility index (Phi) is 6.11. The van der Waals surface area contributed by atoms with Gasteiger partial charge in [0.25, 0.3) is 0 Å². The summed E-state index contributed by atoms with van der Waals surface area (Å²) in [6.45, 7) is 5.23. The van der Waals surface area contributed by atoms with Crippen LogP contribution in [-0.2, 0) is 23.1 Å². The van der Waals surface area contributed by atoms with Gasteiger partial charge < -0.3 is 15.5 Å². The minimum absolute atomic E-state index is 0.0482. The highest BCUT2D eigenvalue weighted by molar-refractivity contribution is 5.87. The van der Waals surface area contributed by atoms with Crippen molar-refractivity contribution in [3.63, 3.8) is 0 Å². The molecule has 2 bridgehead atoms. The molecule has 1 heterocycles. The number of benzene rings is 2. The Hall–Kier alpha value is -2.86. The van der Waals surface area contributed by atoms with Gasteiger partial charge in [-0.1, -0.05) is 25.1 Å². The third-order valence-electron chi connectivity index (χ3n) is 8.47. The summed E-state index contributed by atoms with van der Waals surface area (Å²) in [5.41, 5.74) is 3.58. The number of carbonyl (C=O) groups excluding carboxylic acids is 1. The molecule has 3 aliphatic rings. The molecule has 2 aliphatic carbocycles. The molecule has 2 aromatic rings. The number of carbonyl (C=O) groups is 2. The van der Waals surface area contributed by atoms with Crippen molar-refractivity contribution in [1.82, 2.24) is 10.2 Å². The van der Waals surface area contributed by atoms with E-state index in [0.717, 1.165) is 37.3 Å². The normalized spacial score (nSPS) is 26.0. The van der Waals surface area contributed by atoms with Gasteiger partial charge >= 0.3 is 5.97 Å². The molecule has 6 heteroatoms. The monoisotopic (exact) mass is 462 g/mol. The molecule has 5 rings (SSSR count). The number of carboxylic acid groups (broad SMARTS) is 1. The Morgan fingerprint density at radius 2 is 1.91 bits per heavy atom. The predicted molar refractivity (Wildman–Crippen MR) is 130 cm³/mol. The predicted octanol–water partition coefficient (Wildman–Crippen LogP) is 3.75. The number of carboxylic acids is 1. The standard InChI is InChI=1S/C28H34N2O4/c1-18-25-15-22-8-9-23(31)16-24(22)28(18,11-13-30(25)17-20-2-3-20)10-12-29-26(32)14-19-4-6-21(7-5-19)27(33)34/h4-9,16,18,20,25,31H,2-3,10-15,17H2,1H3,(H,29,32)(H,33,34)/t18-,25+,28?/m0/s1. The van der Waals surface area contributed by atoms with Crippen LogP contribution in [0.4, 0.5) is 0 Å². The molecule has 1 amide bonds. The van der Waals surface area contributed by atoms with Crippen LogP contribution in [0.25, 0.3) is 0 Å². The first-order chi connectivity index (χ1) is 16.4. The molecule has 3 N–H and O–H groups in total. The van der Waals surface area contributed by atoms with Crippen LogP contribution < -0.4 is 5.32 Å². The Balaban J connectivity index is 1.28. The molecule has 2 aromatic carbocycles. The number of fused-ring (bicyclic) bond motifs is 4. The summed E-state index contributed by atoms with van der Waals surface area (Å²) in [6, 6.07) is 12.8. The number of hydrogen-bond donors (Lipinski definition) is 3. The zero-order valence-electron chi connectivity index (χ0n) is 19.8. The summed E-state index contributed by atoms with van der Waals surface area (Å²) >= 11 is 0. The van der Waals surface area contributed by atoms with Gasteiger partial charge in [-0.2, -0.15) is 0 Å². The summed E-state index contributed by atoms with van der Waals surface area (Å²) in [5, 5.41) is 22.4. The number of nitrogens with zero attached hydrogens (tertiary/aromatic N) is 1. The van der Waals surface area contributed by atoms with E-state index < -0.39 is 5.97 Å². The highest BCUT2D eigenvalue weighted by Gasteiger charge is 2.51. The van der Waals surface area contributed by atoms with Crippen LogP contribution in [-0.4, -0.2) is 52.7 Å². The summed E-state index contributed by atoms with van der Waals surface area (Å²) in [5.74, 6) is 0.615. The lowest BCUT2D eigenvalue weighted by atomic mass is 9.56. The third kappa shape index (κ3) is 4.43. The van der Waals surface area contributed by atoms with E-state index >= 15 is 0 Å². The summed E-state index contributed by atoms with van der Waals surface area (Å²) in [7, 11) is 0. The second-order valence-electron chi connectivity index (χ2n) is 10.5. The highest BCUT2D eigenvalue weighted by atomic mass is 16.4. The first-order valence-corrected chi connectivity index (χ1v) is 12.5. The SMILES string of the molecule is C[C@H]1[C@H]2Cc3ccc(O)cc3C1(CCNC(=O)Cc1ccc(C(=O)O)cc1)CCN2CC1CC1. The lowest BCUT2D eigenvalue weighted by Gasteiger charge is -2.56. The van der Waals surface area contributed by atoms with Crippen LogP contribution in [0.5, 0.6) is 5.75 Å². The van der Waals surface area contributed by atoms with E-state index in [1.807, 2.05) is 6.07 Å². The molecule has 1 saturated heterocycles. The summed E-state index contributed by atoms with van der Waals surface area (Å²) < 4.78 is 0. The van der Waals surface area contributed by atoms with Crippen molar-refractivity contribution < 1.29 is 19.8 Å². The topological polar surface area (TPSA) is 89.9 Å². The summed E-state index contributed by atoms with van der Waals surface area (Å²) in [4.78, 5) is 26.4. The van der Waals surface area contributed by atoms with E-state index in [-0.39, 0.29) is 23.3 Å². The number of rotatable bonds is 8. The van der Waals surface area contributed by atoms with E-state index in [9.17, 15) is 14.7 Å². The fourth-order valence-corrected chi connectivity index (χ4v) is 6.32. The molecule has 2 fully saturated rings. The molecule has 0 radical (unpaired) electrons. The van der Waals surface area contributed by atoms with Crippen LogP contribution in [0.1, 0.15) is 59.7 Å². The Labute approximate surface area is 201 Å². The second kappa shape index (κ2) is 9.06. The number of phenols is 1. The maximum Gasteiger partial charge on any atom is 0.335 e.